The molecule has 2 aliphatic carbocycles. The number of para-hydroxylation sites is 1. The van der Waals surface area contributed by atoms with Crippen LogP contribution in [-0.4, -0.2) is 30.9 Å². The maximum Gasteiger partial charge on any atom is 0.315 e. The summed E-state index contributed by atoms with van der Waals surface area (Å²) in [7, 11) is 0. The summed E-state index contributed by atoms with van der Waals surface area (Å²) >= 11 is 0. The Labute approximate surface area is 131 Å². The molecule has 0 bridgehead atoms. The Hall–Kier alpha value is -1.75. The van der Waals surface area contributed by atoms with Crippen LogP contribution in [-0.2, 0) is 6.54 Å². The Morgan fingerprint density at radius 1 is 1.27 bits per heavy atom. The fourth-order valence-electron chi connectivity index (χ4n) is 2.36. The molecule has 0 heterocycles. The van der Waals surface area contributed by atoms with Gasteiger partial charge in [-0.15, -0.1) is 0 Å². The molecule has 1 aromatic carbocycles. The van der Waals surface area contributed by atoms with Crippen molar-refractivity contribution >= 4 is 6.03 Å². The van der Waals surface area contributed by atoms with Crippen LogP contribution in [0.25, 0.3) is 0 Å². The quantitative estimate of drug-likeness (QED) is 0.688. The number of carbonyl (C=O) groups is 1. The molecule has 120 valence electrons. The fraction of sp³-hybridized carbons (Fsp3) is 0.588. The van der Waals surface area contributed by atoms with E-state index in [0.29, 0.717) is 19.0 Å². The van der Waals surface area contributed by atoms with Crippen molar-refractivity contribution in [3.8, 4) is 5.75 Å². The first-order valence-corrected chi connectivity index (χ1v) is 8.04. The van der Waals surface area contributed by atoms with Crippen LogP contribution in [0.1, 0.15) is 31.2 Å². The van der Waals surface area contributed by atoms with Crippen molar-refractivity contribution in [3.05, 3.63) is 29.8 Å². The Morgan fingerprint density at radius 2 is 2.05 bits per heavy atom. The summed E-state index contributed by atoms with van der Waals surface area (Å²) in [6.45, 7) is 1.89. The van der Waals surface area contributed by atoms with Gasteiger partial charge in [0.05, 0.1) is 13.2 Å². The van der Waals surface area contributed by atoms with Gasteiger partial charge in [0.2, 0.25) is 0 Å². The Morgan fingerprint density at radius 3 is 2.73 bits per heavy atom. The monoisotopic (exact) mass is 304 g/mol. The molecule has 22 heavy (non-hydrogen) atoms. The average molecular weight is 304 g/mol. The van der Waals surface area contributed by atoms with Gasteiger partial charge in [0, 0.05) is 24.1 Å². The van der Waals surface area contributed by atoms with Crippen LogP contribution < -0.4 is 15.4 Å². The molecule has 0 spiro atoms. The predicted molar refractivity (Wildman–Crippen MR) is 83.7 cm³/mol. The van der Waals surface area contributed by atoms with Crippen LogP contribution in [0.15, 0.2) is 24.3 Å². The van der Waals surface area contributed by atoms with Crippen molar-refractivity contribution in [2.24, 2.45) is 11.3 Å². The summed E-state index contributed by atoms with van der Waals surface area (Å²) in [6, 6.07) is 7.62. The molecular formula is C17H24N2O3. The van der Waals surface area contributed by atoms with Crippen LogP contribution in [0.4, 0.5) is 4.79 Å². The van der Waals surface area contributed by atoms with E-state index in [1.165, 1.54) is 12.8 Å². The van der Waals surface area contributed by atoms with Crippen molar-refractivity contribution in [2.75, 3.05) is 19.8 Å². The lowest BCUT2D eigenvalue weighted by atomic mass is 10.1. The number of amides is 2. The number of hydrogen-bond donors (Lipinski definition) is 3. The van der Waals surface area contributed by atoms with E-state index < -0.39 is 0 Å². The van der Waals surface area contributed by atoms with Gasteiger partial charge >= 0.3 is 6.03 Å². The number of urea groups is 1. The highest BCUT2D eigenvalue weighted by molar-refractivity contribution is 5.74. The number of rotatable bonds is 8. The van der Waals surface area contributed by atoms with Gasteiger partial charge in [0.25, 0.3) is 0 Å². The molecule has 2 amide bonds. The zero-order valence-electron chi connectivity index (χ0n) is 12.8. The molecule has 3 rings (SSSR count). The lowest BCUT2D eigenvalue weighted by Gasteiger charge is -2.15. The number of hydrogen-bond acceptors (Lipinski definition) is 3. The molecule has 2 saturated carbocycles. The molecule has 0 aliphatic heterocycles. The standard InChI is InChI=1S/C17H24N2O3/c20-12-17(7-8-17)11-19-16(21)18-9-14-3-1-2-4-15(14)22-10-13-5-6-13/h1-4,13,20H,5-12H2,(H2,18,19,21). The topological polar surface area (TPSA) is 70.6 Å². The molecule has 0 saturated heterocycles. The second kappa shape index (κ2) is 6.57. The van der Waals surface area contributed by atoms with Gasteiger partial charge in [-0.3, -0.25) is 0 Å². The molecule has 3 N–H and O–H groups in total. The SMILES string of the molecule is O=C(NCc1ccccc1OCC1CC1)NCC1(CO)CC1. The van der Waals surface area contributed by atoms with Gasteiger partial charge in [-0.05, 0) is 37.7 Å². The Balaban J connectivity index is 1.44. The number of aliphatic hydroxyl groups is 1. The first-order valence-electron chi connectivity index (χ1n) is 8.04. The summed E-state index contributed by atoms with van der Waals surface area (Å²) in [4.78, 5) is 11.8. The van der Waals surface area contributed by atoms with E-state index in [0.717, 1.165) is 30.8 Å². The van der Waals surface area contributed by atoms with Crippen LogP contribution in [0, 0.1) is 11.3 Å². The molecule has 5 nitrogen and oxygen atoms in total. The van der Waals surface area contributed by atoms with Crippen LogP contribution in [0.5, 0.6) is 5.75 Å². The minimum absolute atomic E-state index is 0.0668. The summed E-state index contributed by atoms with van der Waals surface area (Å²) in [5.41, 5.74) is 0.921. The van der Waals surface area contributed by atoms with Gasteiger partial charge < -0.3 is 20.5 Å². The van der Waals surface area contributed by atoms with Crippen molar-refractivity contribution < 1.29 is 14.6 Å². The van der Waals surface area contributed by atoms with Crippen LogP contribution in [0.2, 0.25) is 0 Å². The van der Waals surface area contributed by atoms with Crippen molar-refractivity contribution in [1.82, 2.24) is 10.6 Å². The minimum atomic E-state index is -0.197. The van der Waals surface area contributed by atoms with E-state index in [1.54, 1.807) is 0 Å². The lowest BCUT2D eigenvalue weighted by Crippen LogP contribution is -2.39. The second-order valence-corrected chi connectivity index (χ2v) is 6.56. The summed E-state index contributed by atoms with van der Waals surface area (Å²) in [5.74, 6) is 1.56. The first kappa shape index (κ1) is 15.2. The Kier molecular flexibility index (Phi) is 4.52. The summed E-state index contributed by atoms with van der Waals surface area (Å²) in [5, 5.41) is 14.9. The fourth-order valence-corrected chi connectivity index (χ4v) is 2.36. The largest absolute Gasteiger partial charge is 0.493 e. The number of ether oxygens (including phenoxy) is 1. The normalized spacial score (nSPS) is 18.6. The van der Waals surface area contributed by atoms with E-state index in [2.05, 4.69) is 10.6 Å². The van der Waals surface area contributed by atoms with Crippen molar-refractivity contribution in [2.45, 2.75) is 32.2 Å². The molecular weight excluding hydrogens is 280 g/mol. The van der Waals surface area contributed by atoms with Gasteiger partial charge in [0.15, 0.2) is 0 Å². The molecule has 0 radical (unpaired) electrons. The van der Waals surface area contributed by atoms with Gasteiger partial charge in [-0.1, -0.05) is 18.2 Å². The van der Waals surface area contributed by atoms with E-state index >= 15 is 0 Å². The minimum Gasteiger partial charge on any atom is -0.493 e. The van der Waals surface area contributed by atoms with E-state index in [1.807, 2.05) is 24.3 Å². The molecule has 1 aromatic rings. The van der Waals surface area contributed by atoms with E-state index in [4.69, 9.17) is 4.74 Å². The van der Waals surface area contributed by atoms with Gasteiger partial charge in [-0.2, -0.15) is 0 Å². The molecule has 2 aliphatic rings. The van der Waals surface area contributed by atoms with Crippen LogP contribution in [0.3, 0.4) is 0 Å². The third-order valence-electron chi connectivity index (χ3n) is 4.50. The van der Waals surface area contributed by atoms with E-state index in [-0.39, 0.29) is 18.1 Å². The second-order valence-electron chi connectivity index (χ2n) is 6.56. The number of carbonyl (C=O) groups excluding carboxylic acids is 1. The lowest BCUT2D eigenvalue weighted by molar-refractivity contribution is 0.203. The molecule has 0 aromatic heterocycles. The summed E-state index contributed by atoms with van der Waals surface area (Å²) < 4.78 is 5.83. The third kappa shape index (κ3) is 4.13. The molecule has 0 atom stereocenters. The maximum absolute atomic E-state index is 11.8. The number of nitrogens with one attached hydrogen (secondary N) is 2. The number of benzene rings is 1. The van der Waals surface area contributed by atoms with Gasteiger partial charge in [-0.25, -0.2) is 4.79 Å². The van der Waals surface area contributed by atoms with E-state index in [9.17, 15) is 9.90 Å². The average Bonchev–Trinajstić information content (AvgIpc) is 3.45. The zero-order chi connectivity index (χ0) is 15.4. The Bertz CT molecular complexity index is 524. The van der Waals surface area contributed by atoms with Gasteiger partial charge in [0.1, 0.15) is 5.75 Å². The molecule has 0 unspecified atom stereocenters. The third-order valence-corrected chi connectivity index (χ3v) is 4.50. The van der Waals surface area contributed by atoms with Crippen molar-refractivity contribution in [1.29, 1.82) is 0 Å². The maximum atomic E-state index is 11.8. The highest BCUT2D eigenvalue weighted by atomic mass is 16.5. The van der Waals surface area contributed by atoms with Crippen molar-refractivity contribution in [3.63, 3.8) is 0 Å². The van der Waals surface area contributed by atoms with Crippen LogP contribution >= 0.6 is 0 Å². The molecule has 5 heteroatoms. The smallest absolute Gasteiger partial charge is 0.315 e. The predicted octanol–water partition coefficient (Wildman–Crippen LogP) is 2.05. The first-order chi connectivity index (χ1) is 10.7. The molecule has 2 fully saturated rings. The zero-order valence-corrected chi connectivity index (χ0v) is 12.8. The summed E-state index contributed by atoms with van der Waals surface area (Å²) in [6.07, 6.45) is 4.49. The highest BCUT2D eigenvalue weighted by Gasteiger charge is 2.42. The highest BCUT2D eigenvalue weighted by Crippen LogP contribution is 2.44. The number of aliphatic hydroxyl groups excluding tert-OH is 1.